The van der Waals surface area contributed by atoms with E-state index in [1.807, 2.05) is 0 Å². The van der Waals surface area contributed by atoms with Crippen LogP contribution in [0, 0.1) is 5.41 Å². The van der Waals surface area contributed by atoms with Crippen molar-refractivity contribution in [2.75, 3.05) is 26.4 Å². The SMILES string of the molecule is C.C.OCC(CO)(CO)CO. The summed E-state index contributed by atoms with van der Waals surface area (Å²) in [4.78, 5) is 0. The van der Waals surface area contributed by atoms with E-state index in [0.29, 0.717) is 0 Å². The van der Waals surface area contributed by atoms with Crippen LogP contribution in [0.1, 0.15) is 14.9 Å². The number of rotatable bonds is 4. The molecule has 0 aromatic carbocycles. The van der Waals surface area contributed by atoms with Crippen molar-refractivity contribution in [2.24, 2.45) is 5.41 Å². The monoisotopic (exact) mass is 168 g/mol. The summed E-state index contributed by atoms with van der Waals surface area (Å²) >= 11 is 0. The number of hydrogen-bond donors (Lipinski definition) is 4. The minimum absolute atomic E-state index is 0. The second kappa shape index (κ2) is 7.94. The van der Waals surface area contributed by atoms with Crippen molar-refractivity contribution in [3.63, 3.8) is 0 Å². The summed E-state index contributed by atoms with van der Waals surface area (Å²) in [7, 11) is 0. The molecule has 4 N–H and O–H groups in total. The van der Waals surface area contributed by atoms with Gasteiger partial charge in [-0.15, -0.1) is 0 Å². The molecule has 4 heteroatoms. The minimum Gasteiger partial charge on any atom is -0.396 e. The summed E-state index contributed by atoms with van der Waals surface area (Å²) in [6.45, 7) is -1.62. The van der Waals surface area contributed by atoms with E-state index in [2.05, 4.69) is 0 Å². The van der Waals surface area contributed by atoms with Gasteiger partial charge >= 0.3 is 0 Å². The van der Waals surface area contributed by atoms with E-state index in [9.17, 15) is 0 Å². The van der Waals surface area contributed by atoms with Crippen LogP contribution >= 0.6 is 0 Å². The fraction of sp³-hybridized carbons (Fsp3) is 1.00. The zero-order chi connectivity index (χ0) is 7.33. The van der Waals surface area contributed by atoms with E-state index >= 15 is 0 Å². The Labute approximate surface area is 68.1 Å². The van der Waals surface area contributed by atoms with Gasteiger partial charge in [-0.3, -0.25) is 0 Å². The fourth-order valence-corrected chi connectivity index (χ4v) is 0.300. The van der Waals surface area contributed by atoms with E-state index in [4.69, 9.17) is 20.4 Å². The van der Waals surface area contributed by atoms with Gasteiger partial charge in [0.25, 0.3) is 0 Å². The molecular weight excluding hydrogens is 148 g/mol. The maximum Gasteiger partial charge on any atom is 0.0627 e. The highest BCUT2D eigenvalue weighted by Crippen LogP contribution is 2.11. The first-order chi connectivity index (χ1) is 4.24. The molecule has 0 amide bonds. The first-order valence-corrected chi connectivity index (χ1v) is 2.68. The van der Waals surface area contributed by atoms with Crippen LogP contribution < -0.4 is 0 Å². The zero-order valence-corrected chi connectivity index (χ0v) is 5.12. The summed E-state index contributed by atoms with van der Waals surface area (Å²) in [5, 5.41) is 34.0. The Hall–Kier alpha value is -0.160. The lowest BCUT2D eigenvalue weighted by Crippen LogP contribution is -2.37. The van der Waals surface area contributed by atoms with Crippen molar-refractivity contribution in [3.05, 3.63) is 0 Å². The lowest BCUT2D eigenvalue weighted by molar-refractivity contribution is -0.0328. The van der Waals surface area contributed by atoms with Crippen molar-refractivity contribution in [1.29, 1.82) is 0 Å². The standard InChI is InChI=1S/C5H12O4.2CH4/c6-1-5(2-7,3-8)4-9;;/h6-9H,1-4H2;2*1H4. The van der Waals surface area contributed by atoms with Gasteiger partial charge in [-0.2, -0.15) is 0 Å². The second-order valence-corrected chi connectivity index (χ2v) is 2.13. The average molecular weight is 168 g/mol. The third-order valence-electron chi connectivity index (χ3n) is 1.34. The van der Waals surface area contributed by atoms with Crippen molar-refractivity contribution in [1.82, 2.24) is 0 Å². The number of hydrogen-bond acceptors (Lipinski definition) is 4. The molecule has 72 valence electrons. The van der Waals surface area contributed by atoms with Gasteiger partial charge in [0.2, 0.25) is 0 Å². The van der Waals surface area contributed by atoms with Crippen molar-refractivity contribution < 1.29 is 20.4 Å². The van der Waals surface area contributed by atoms with Gasteiger partial charge in [0, 0.05) is 0 Å². The Balaban J connectivity index is -0.000000320. The fourth-order valence-electron chi connectivity index (χ4n) is 0.300. The van der Waals surface area contributed by atoms with Crippen molar-refractivity contribution in [2.45, 2.75) is 14.9 Å². The van der Waals surface area contributed by atoms with E-state index < -0.39 is 31.8 Å². The molecule has 0 saturated carbocycles. The normalized spacial score (nSPS) is 9.82. The Morgan fingerprint density at radius 3 is 0.818 bits per heavy atom. The van der Waals surface area contributed by atoms with Gasteiger partial charge in [-0.1, -0.05) is 14.9 Å². The molecule has 0 radical (unpaired) electrons. The molecule has 0 unspecified atom stereocenters. The zero-order valence-electron chi connectivity index (χ0n) is 5.12. The summed E-state index contributed by atoms with van der Waals surface area (Å²) < 4.78 is 0. The van der Waals surface area contributed by atoms with Crippen LogP contribution in [-0.2, 0) is 0 Å². The van der Waals surface area contributed by atoms with Crippen LogP contribution in [0.3, 0.4) is 0 Å². The highest BCUT2D eigenvalue weighted by atomic mass is 16.3. The molecule has 0 bridgehead atoms. The van der Waals surface area contributed by atoms with Crippen molar-refractivity contribution in [3.8, 4) is 0 Å². The van der Waals surface area contributed by atoms with Gasteiger partial charge in [0.1, 0.15) is 0 Å². The Morgan fingerprint density at radius 1 is 0.636 bits per heavy atom. The highest BCUT2D eigenvalue weighted by Gasteiger charge is 2.26. The van der Waals surface area contributed by atoms with Crippen LogP contribution in [-0.4, -0.2) is 46.9 Å². The summed E-state index contributed by atoms with van der Waals surface area (Å²) in [5.41, 5.74) is -1.11. The Bertz CT molecular complexity index is 53.3. The minimum atomic E-state index is -1.11. The molecule has 0 aliphatic carbocycles. The molecule has 0 heterocycles. The summed E-state index contributed by atoms with van der Waals surface area (Å²) in [6, 6.07) is 0. The second-order valence-electron chi connectivity index (χ2n) is 2.13. The molecule has 0 aliphatic heterocycles. The van der Waals surface area contributed by atoms with Gasteiger partial charge in [0.05, 0.1) is 31.8 Å². The number of aliphatic hydroxyl groups is 4. The molecule has 0 spiro atoms. The Kier molecular flexibility index (Phi) is 12.3. The topological polar surface area (TPSA) is 80.9 Å². The predicted molar refractivity (Wildman–Crippen MR) is 44.2 cm³/mol. The predicted octanol–water partition coefficient (Wildman–Crippen LogP) is -0.786. The molecule has 0 fully saturated rings. The molecule has 0 rings (SSSR count). The Morgan fingerprint density at radius 2 is 0.818 bits per heavy atom. The lowest BCUT2D eigenvalue weighted by atomic mass is 9.93. The number of aliphatic hydroxyl groups excluding tert-OH is 4. The van der Waals surface area contributed by atoms with E-state index in [1.54, 1.807) is 0 Å². The van der Waals surface area contributed by atoms with Crippen LogP contribution in [0.15, 0.2) is 0 Å². The average Bonchev–Trinajstić information content (AvgIpc) is 1.95. The largest absolute Gasteiger partial charge is 0.396 e. The molecule has 0 aromatic rings. The molecule has 0 saturated heterocycles. The third-order valence-corrected chi connectivity index (χ3v) is 1.34. The van der Waals surface area contributed by atoms with Gasteiger partial charge in [0.15, 0.2) is 0 Å². The molecule has 0 atom stereocenters. The molecular formula is C7H20O4. The maximum atomic E-state index is 8.50. The quantitative estimate of drug-likeness (QED) is 0.443. The maximum absolute atomic E-state index is 8.50. The molecule has 0 aliphatic rings. The highest BCUT2D eigenvalue weighted by molar-refractivity contribution is 4.74. The molecule has 4 nitrogen and oxygen atoms in total. The van der Waals surface area contributed by atoms with E-state index in [0.717, 1.165) is 0 Å². The van der Waals surface area contributed by atoms with Gasteiger partial charge in [-0.05, 0) is 0 Å². The summed E-state index contributed by atoms with van der Waals surface area (Å²) in [5.74, 6) is 0. The molecule has 11 heavy (non-hydrogen) atoms. The first kappa shape index (κ1) is 17.1. The van der Waals surface area contributed by atoms with Crippen LogP contribution in [0.25, 0.3) is 0 Å². The summed E-state index contributed by atoms with van der Waals surface area (Å²) in [6.07, 6.45) is 0. The first-order valence-electron chi connectivity index (χ1n) is 2.68. The van der Waals surface area contributed by atoms with E-state index in [-0.39, 0.29) is 14.9 Å². The smallest absolute Gasteiger partial charge is 0.0627 e. The van der Waals surface area contributed by atoms with Crippen LogP contribution in [0.4, 0.5) is 0 Å². The van der Waals surface area contributed by atoms with Crippen LogP contribution in [0.5, 0.6) is 0 Å². The third kappa shape index (κ3) is 4.31. The van der Waals surface area contributed by atoms with Crippen LogP contribution in [0.2, 0.25) is 0 Å². The molecule has 0 aromatic heterocycles. The van der Waals surface area contributed by atoms with Gasteiger partial charge in [-0.25, -0.2) is 0 Å². The van der Waals surface area contributed by atoms with Crippen molar-refractivity contribution >= 4 is 0 Å². The van der Waals surface area contributed by atoms with Gasteiger partial charge < -0.3 is 20.4 Å². The van der Waals surface area contributed by atoms with E-state index in [1.165, 1.54) is 0 Å². The lowest BCUT2D eigenvalue weighted by Gasteiger charge is -2.23.